The Bertz CT molecular complexity index is 907. The van der Waals surface area contributed by atoms with Gasteiger partial charge in [0, 0.05) is 57.6 Å². The highest BCUT2D eigenvalue weighted by molar-refractivity contribution is 6.00. The van der Waals surface area contributed by atoms with Crippen molar-refractivity contribution in [3.63, 3.8) is 0 Å². The van der Waals surface area contributed by atoms with Crippen molar-refractivity contribution in [3.05, 3.63) is 18.2 Å². The zero-order chi connectivity index (χ0) is 24.2. The molecular formula is C27H39N3O5. The molecular weight excluding hydrogens is 446 g/mol. The molecule has 4 heterocycles. The van der Waals surface area contributed by atoms with Crippen LogP contribution in [-0.2, 0) is 14.3 Å². The van der Waals surface area contributed by atoms with E-state index in [2.05, 4.69) is 4.90 Å². The van der Waals surface area contributed by atoms with Gasteiger partial charge in [-0.25, -0.2) is 0 Å². The minimum absolute atomic E-state index is 0.00649. The first-order chi connectivity index (χ1) is 17.1. The number of anilines is 1. The van der Waals surface area contributed by atoms with Crippen molar-refractivity contribution in [2.75, 3.05) is 64.6 Å². The summed E-state index contributed by atoms with van der Waals surface area (Å²) in [5, 5.41) is 0. The van der Waals surface area contributed by atoms with Gasteiger partial charge in [0.1, 0.15) is 13.2 Å². The molecule has 1 aromatic rings. The van der Waals surface area contributed by atoms with Gasteiger partial charge < -0.3 is 28.9 Å². The molecule has 8 heteroatoms. The summed E-state index contributed by atoms with van der Waals surface area (Å²) in [5.74, 6) is 1.67. The molecule has 35 heavy (non-hydrogen) atoms. The van der Waals surface area contributed by atoms with E-state index in [1.807, 2.05) is 23.1 Å². The number of amides is 2. The van der Waals surface area contributed by atoms with Crippen LogP contribution in [0.25, 0.3) is 0 Å². The van der Waals surface area contributed by atoms with Crippen LogP contribution in [0.1, 0.15) is 44.9 Å². The van der Waals surface area contributed by atoms with Crippen molar-refractivity contribution in [2.24, 2.45) is 11.8 Å². The van der Waals surface area contributed by atoms with Crippen LogP contribution in [0.4, 0.5) is 5.69 Å². The molecule has 3 atom stereocenters. The molecule has 0 aliphatic carbocycles. The Morgan fingerprint density at radius 2 is 1.94 bits per heavy atom. The predicted molar refractivity (Wildman–Crippen MR) is 133 cm³/mol. The largest absolute Gasteiger partial charge is 0.486 e. The number of carbonyl (C=O) groups is 2. The summed E-state index contributed by atoms with van der Waals surface area (Å²) >= 11 is 0. The van der Waals surface area contributed by atoms with Crippen LogP contribution >= 0.6 is 0 Å². The van der Waals surface area contributed by atoms with Crippen molar-refractivity contribution >= 4 is 17.5 Å². The summed E-state index contributed by atoms with van der Waals surface area (Å²) in [6, 6.07) is 6.18. The highest BCUT2D eigenvalue weighted by Gasteiger charge is 2.40. The summed E-state index contributed by atoms with van der Waals surface area (Å²) in [6.07, 6.45) is 7.29. The number of hydrogen-bond donors (Lipinski definition) is 0. The molecule has 5 rings (SSSR count). The van der Waals surface area contributed by atoms with E-state index in [9.17, 15) is 9.59 Å². The first-order valence-corrected chi connectivity index (χ1v) is 13.4. The maximum atomic E-state index is 13.8. The molecule has 2 amide bonds. The average Bonchev–Trinajstić information content (AvgIpc) is 3.29. The lowest BCUT2D eigenvalue weighted by molar-refractivity contribution is -0.137. The number of rotatable bonds is 8. The van der Waals surface area contributed by atoms with Crippen molar-refractivity contribution < 1.29 is 23.8 Å². The van der Waals surface area contributed by atoms with Gasteiger partial charge in [0.05, 0.1) is 5.92 Å². The molecule has 0 N–H and O–H groups in total. The molecule has 4 aliphatic rings. The maximum absolute atomic E-state index is 13.8. The van der Waals surface area contributed by atoms with Gasteiger partial charge in [0.15, 0.2) is 11.5 Å². The number of hydrogen-bond acceptors (Lipinski definition) is 6. The van der Waals surface area contributed by atoms with E-state index < -0.39 is 0 Å². The van der Waals surface area contributed by atoms with E-state index in [0.29, 0.717) is 56.4 Å². The fraction of sp³-hybridized carbons (Fsp3) is 0.704. The minimum atomic E-state index is -0.315. The summed E-state index contributed by atoms with van der Waals surface area (Å²) in [5.41, 5.74) is 0.769. The lowest BCUT2D eigenvalue weighted by atomic mass is 9.83. The SMILES string of the molecule is COCCCN(CC1CCCN2CCCCC12)C(=O)C1CC(=O)N(c2ccc3c(c2)OCCO3)C1. The molecule has 0 saturated carbocycles. The lowest BCUT2D eigenvalue weighted by Crippen LogP contribution is -2.52. The van der Waals surface area contributed by atoms with Crippen LogP contribution < -0.4 is 14.4 Å². The Labute approximate surface area is 208 Å². The molecule has 0 bridgehead atoms. The second-order valence-electron chi connectivity index (χ2n) is 10.4. The van der Waals surface area contributed by atoms with Crippen LogP contribution in [0.5, 0.6) is 11.5 Å². The van der Waals surface area contributed by atoms with Crippen molar-refractivity contribution in [1.82, 2.24) is 9.80 Å². The number of piperidine rings is 2. The summed E-state index contributed by atoms with van der Waals surface area (Å²) in [7, 11) is 1.70. The van der Waals surface area contributed by atoms with Gasteiger partial charge in [-0.05, 0) is 63.2 Å². The maximum Gasteiger partial charge on any atom is 0.228 e. The Morgan fingerprint density at radius 3 is 2.80 bits per heavy atom. The van der Waals surface area contributed by atoms with Gasteiger partial charge in [-0.2, -0.15) is 0 Å². The molecule has 3 saturated heterocycles. The third-order valence-electron chi connectivity index (χ3n) is 8.08. The zero-order valence-corrected chi connectivity index (χ0v) is 21.0. The van der Waals surface area contributed by atoms with Crippen LogP contribution in [0.2, 0.25) is 0 Å². The fourth-order valence-electron chi connectivity index (χ4n) is 6.35. The predicted octanol–water partition coefficient (Wildman–Crippen LogP) is 2.94. The van der Waals surface area contributed by atoms with E-state index in [1.165, 1.54) is 45.2 Å². The van der Waals surface area contributed by atoms with Crippen LogP contribution in [0.15, 0.2) is 18.2 Å². The van der Waals surface area contributed by atoms with E-state index in [1.54, 1.807) is 12.0 Å². The quantitative estimate of drug-likeness (QED) is 0.528. The molecule has 1 aromatic carbocycles. The summed E-state index contributed by atoms with van der Waals surface area (Å²) in [4.78, 5) is 33.2. The van der Waals surface area contributed by atoms with Gasteiger partial charge in [-0.3, -0.25) is 9.59 Å². The Morgan fingerprint density at radius 1 is 1.11 bits per heavy atom. The average molecular weight is 486 g/mol. The topological polar surface area (TPSA) is 71.6 Å². The molecule has 3 unspecified atom stereocenters. The molecule has 3 fully saturated rings. The van der Waals surface area contributed by atoms with Crippen LogP contribution in [0.3, 0.4) is 0 Å². The smallest absolute Gasteiger partial charge is 0.228 e. The number of fused-ring (bicyclic) bond motifs is 2. The first kappa shape index (κ1) is 24.4. The number of benzene rings is 1. The third kappa shape index (κ3) is 5.43. The number of nitrogens with zero attached hydrogens (tertiary/aromatic N) is 3. The van der Waals surface area contributed by atoms with Gasteiger partial charge in [-0.1, -0.05) is 6.42 Å². The van der Waals surface area contributed by atoms with E-state index >= 15 is 0 Å². The third-order valence-corrected chi connectivity index (χ3v) is 8.08. The monoisotopic (exact) mass is 485 g/mol. The van der Waals surface area contributed by atoms with Gasteiger partial charge in [0.2, 0.25) is 11.8 Å². The molecule has 8 nitrogen and oxygen atoms in total. The Kier molecular flexibility index (Phi) is 7.78. The second-order valence-corrected chi connectivity index (χ2v) is 10.4. The van der Waals surface area contributed by atoms with Gasteiger partial charge >= 0.3 is 0 Å². The normalized spacial score (nSPS) is 26.5. The highest BCUT2D eigenvalue weighted by Crippen LogP contribution is 2.37. The first-order valence-electron chi connectivity index (χ1n) is 13.4. The van der Waals surface area contributed by atoms with Crippen LogP contribution in [0, 0.1) is 11.8 Å². The van der Waals surface area contributed by atoms with Crippen molar-refractivity contribution in [2.45, 2.75) is 51.0 Å². The van der Waals surface area contributed by atoms with Gasteiger partial charge in [0.25, 0.3) is 0 Å². The Hall–Kier alpha value is -2.32. The van der Waals surface area contributed by atoms with Crippen LogP contribution in [-0.4, -0.2) is 87.3 Å². The zero-order valence-electron chi connectivity index (χ0n) is 21.0. The number of ether oxygens (including phenoxy) is 3. The minimum Gasteiger partial charge on any atom is -0.486 e. The summed E-state index contributed by atoms with van der Waals surface area (Å²) in [6.45, 7) is 5.95. The van der Waals surface area contributed by atoms with Crippen molar-refractivity contribution in [3.8, 4) is 11.5 Å². The standard InChI is InChI=1S/C27H39N3O5/c1-33-13-5-12-29(18-20-6-4-11-28-10-3-2-7-23(20)28)27(32)21-16-26(31)30(19-21)22-8-9-24-25(17-22)35-15-14-34-24/h8-9,17,20-21,23H,2-7,10-16,18-19H2,1H3. The summed E-state index contributed by atoms with van der Waals surface area (Å²) < 4.78 is 16.6. The second kappa shape index (κ2) is 11.2. The molecule has 192 valence electrons. The lowest BCUT2D eigenvalue weighted by Gasteiger charge is -2.46. The number of methoxy groups -OCH3 is 1. The molecule has 0 spiro atoms. The Balaban J connectivity index is 1.27. The van der Waals surface area contributed by atoms with Gasteiger partial charge in [-0.15, -0.1) is 0 Å². The fourth-order valence-corrected chi connectivity index (χ4v) is 6.35. The molecule has 4 aliphatic heterocycles. The highest BCUT2D eigenvalue weighted by atomic mass is 16.6. The molecule has 0 radical (unpaired) electrons. The van der Waals surface area contributed by atoms with E-state index in [0.717, 1.165) is 18.7 Å². The van der Waals surface area contributed by atoms with E-state index in [4.69, 9.17) is 14.2 Å². The van der Waals surface area contributed by atoms with E-state index in [-0.39, 0.29) is 24.2 Å². The van der Waals surface area contributed by atoms with Crippen molar-refractivity contribution in [1.29, 1.82) is 0 Å². The molecule has 0 aromatic heterocycles. The number of carbonyl (C=O) groups excluding carboxylic acids is 2.